The molecular formula is C20H30O. The van der Waals surface area contributed by atoms with Gasteiger partial charge in [-0.1, -0.05) is 35.8 Å². The maximum Gasteiger partial charge on any atom is 0.159 e. The van der Waals surface area contributed by atoms with Crippen molar-refractivity contribution in [1.82, 2.24) is 0 Å². The number of rotatable bonds is 0. The van der Waals surface area contributed by atoms with Crippen LogP contribution in [0, 0.1) is 11.3 Å². The first-order valence-electron chi connectivity index (χ1n) is 8.35. The van der Waals surface area contributed by atoms with E-state index in [1.807, 2.05) is 0 Å². The van der Waals surface area contributed by atoms with Crippen molar-refractivity contribution in [1.29, 1.82) is 0 Å². The van der Waals surface area contributed by atoms with Crippen molar-refractivity contribution in [2.75, 3.05) is 0 Å². The highest BCUT2D eigenvalue weighted by Crippen LogP contribution is 2.51. The monoisotopic (exact) mass is 286 g/mol. The van der Waals surface area contributed by atoms with Gasteiger partial charge in [-0.15, -0.1) is 0 Å². The highest BCUT2D eigenvalue weighted by atomic mass is 16.1. The third-order valence-corrected chi connectivity index (χ3v) is 5.37. The van der Waals surface area contributed by atoms with E-state index in [-0.39, 0.29) is 5.41 Å². The smallest absolute Gasteiger partial charge is 0.159 e. The molecule has 0 spiro atoms. The van der Waals surface area contributed by atoms with Crippen LogP contribution in [0.4, 0.5) is 0 Å². The average molecular weight is 286 g/mol. The van der Waals surface area contributed by atoms with E-state index in [0.717, 1.165) is 44.1 Å². The van der Waals surface area contributed by atoms with Gasteiger partial charge in [-0.25, -0.2) is 0 Å². The molecule has 116 valence electrons. The molecule has 0 aromatic carbocycles. The van der Waals surface area contributed by atoms with Gasteiger partial charge >= 0.3 is 0 Å². The number of hydrogen-bond acceptors (Lipinski definition) is 1. The Morgan fingerprint density at radius 2 is 1.81 bits per heavy atom. The van der Waals surface area contributed by atoms with E-state index < -0.39 is 0 Å². The molecular weight excluding hydrogens is 256 g/mol. The van der Waals surface area contributed by atoms with Crippen LogP contribution in [-0.2, 0) is 4.79 Å². The SMILES string of the molecule is CC1=CCC/C(C)=C/CC2(C)CC(=O)C(=C(C)C)C2CC1. The fourth-order valence-electron chi connectivity index (χ4n) is 3.99. The van der Waals surface area contributed by atoms with Crippen LogP contribution in [0.2, 0.25) is 0 Å². The summed E-state index contributed by atoms with van der Waals surface area (Å²) in [6, 6.07) is 0. The Kier molecular flexibility index (Phi) is 4.91. The molecule has 0 bridgehead atoms. The minimum atomic E-state index is 0.121. The molecule has 2 atom stereocenters. The third kappa shape index (κ3) is 3.56. The molecule has 0 heterocycles. The topological polar surface area (TPSA) is 17.1 Å². The lowest BCUT2D eigenvalue weighted by Gasteiger charge is -2.31. The minimum Gasteiger partial charge on any atom is -0.295 e. The molecule has 0 N–H and O–H groups in total. The predicted molar refractivity (Wildman–Crippen MR) is 90.2 cm³/mol. The zero-order chi connectivity index (χ0) is 15.6. The summed E-state index contributed by atoms with van der Waals surface area (Å²) in [4.78, 5) is 12.5. The molecule has 2 rings (SSSR count). The van der Waals surface area contributed by atoms with Crippen molar-refractivity contribution in [2.45, 2.75) is 73.1 Å². The lowest BCUT2D eigenvalue weighted by molar-refractivity contribution is -0.115. The van der Waals surface area contributed by atoms with Gasteiger partial charge in [0.2, 0.25) is 0 Å². The maximum absolute atomic E-state index is 12.5. The van der Waals surface area contributed by atoms with Gasteiger partial charge in [0, 0.05) is 6.42 Å². The largest absolute Gasteiger partial charge is 0.295 e. The second-order valence-corrected chi connectivity index (χ2v) is 7.60. The van der Waals surface area contributed by atoms with Gasteiger partial charge in [-0.3, -0.25) is 4.79 Å². The standard InChI is InChI=1S/C20H30O/c1-14(2)19-17-10-9-15(3)7-6-8-16(4)11-12-20(17,5)13-18(19)21/h7,11,17H,6,8-10,12-13H2,1-5H3/b15-7?,16-11+. The lowest BCUT2D eigenvalue weighted by Crippen LogP contribution is -2.22. The third-order valence-electron chi connectivity index (χ3n) is 5.37. The van der Waals surface area contributed by atoms with Gasteiger partial charge in [-0.05, 0) is 76.7 Å². The second-order valence-electron chi connectivity index (χ2n) is 7.60. The Hall–Kier alpha value is -1.11. The van der Waals surface area contributed by atoms with E-state index in [2.05, 4.69) is 46.8 Å². The maximum atomic E-state index is 12.5. The molecule has 21 heavy (non-hydrogen) atoms. The van der Waals surface area contributed by atoms with Crippen LogP contribution in [0.1, 0.15) is 73.1 Å². The van der Waals surface area contributed by atoms with Gasteiger partial charge in [0.15, 0.2) is 5.78 Å². The Balaban J connectivity index is 2.40. The summed E-state index contributed by atoms with van der Waals surface area (Å²) in [5, 5.41) is 0. The minimum absolute atomic E-state index is 0.121. The molecule has 0 aliphatic heterocycles. The summed E-state index contributed by atoms with van der Waals surface area (Å²) in [5.74, 6) is 0.827. The molecule has 2 unspecified atom stereocenters. The van der Waals surface area contributed by atoms with Gasteiger partial charge in [0.1, 0.15) is 0 Å². The summed E-state index contributed by atoms with van der Waals surface area (Å²) >= 11 is 0. The number of ketones is 1. The molecule has 0 aromatic heterocycles. The van der Waals surface area contributed by atoms with Gasteiger partial charge in [-0.2, -0.15) is 0 Å². The van der Waals surface area contributed by atoms with Crippen molar-refractivity contribution in [3.8, 4) is 0 Å². The van der Waals surface area contributed by atoms with Crippen LogP contribution >= 0.6 is 0 Å². The second kappa shape index (κ2) is 6.34. The van der Waals surface area contributed by atoms with E-state index in [1.54, 1.807) is 0 Å². The molecule has 0 saturated heterocycles. The molecule has 0 aromatic rings. The molecule has 1 fully saturated rings. The molecule has 2 aliphatic carbocycles. The first kappa shape index (κ1) is 16.3. The van der Waals surface area contributed by atoms with Crippen LogP contribution < -0.4 is 0 Å². The van der Waals surface area contributed by atoms with Crippen LogP contribution in [-0.4, -0.2) is 5.78 Å². The Labute approximate surface area is 130 Å². The van der Waals surface area contributed by atoms with Gasteiger partial charge in [0.05, 0.1) is 0 Å². The predicted octanol–water partition coefficient (Wildman–Crippen LogP) is 5.77. The molecule has 1 nitrogen and oxygen atoms in total. The molecule has 1 saturated carbocycles. The first-order chi connectivity index (χ1) is 9.83. The normalized spacial score (nSPS) is 33.7. The molecule has 1 heteroatoms. The van der Waals surface area contributed by atoms with E-state index in [4.69, 9.17) is 0 Å². The summed E-state index contributed by atoms with van der Waals surface area (Å²) in [6.07, 6.45) is 11.1. The summed E-state index contributed by atoms with van der Waals surface area (Å²) in [7, 11) is 0. The highest BCUT2D eigenvalue weighted by molar-refractivity contribution is 5.99. The van der Waals surface area contributed by atoms with Crippen molar-refractivity contribution in [3.63, 3.8) is 0 Å². The highest BCUT2D eigenvalue weighted by Gasteiger charge is 2.46. The average Bonchev–Trinajstić information content (AvgIpc) is 2.64. The van der Waals surface area contributed by atoms with Gasteiger partial charge < -0.3 is 0 Å². The Bertz CT molecular complexity index is 514. The van der Waals surface area contributed by atoms with Crippen LogP contribution in [0.15, 0.2) is 34.4 Å². The number of allylic oxidation sites excluding steroid dienone is 6. The lowest BCUT2D eigenvalue weighted by atomic mass is 9.72. The number of fused-ring (bicyclic) bond motifs is 1. The number of carbonyl (C=O) groups is 1. The number of Topliss-reactive ketones (excluding diaryl/α,β-unsaturated/α-hetero) is 1. The van der Waals surface area contributed by atoms with Crippen LogP contribution in [0.3, 0.4) is 0 Å². The van der Waals surface area contributed by atoms with E-state index >= 15 is 0 Å². The Morgan fingerprint density at radius 1 is 1.14 bits per heavy atom. The zero-order valence-electron chi connectivity index (χ0n) is 14.4. The van der Waals surface area contributed by atoms with Crippen molar-refractivity contribution in [3.05, 3.63) is 34.4 Å². The Morgan fingerprint density at radius 3 is 2.48 bits per heavy atom. The fraction of sp³-hybridized carbons (Fsp3) is 0.650. The van der Waals surface area contributed by atoms with Crippen molar-refractivity contribution < 1.29 is 4.79 Å². The van der Waals surface area contributed by atoms with Gasteiger partial charge in [0.25, 0.3) is 0 Å². The van der Waals surface area contributed by atoms with Crippen molar-refractivity contribution in [2.24, 2.45) is 11.3 Å². The quantitative estimate of drug-likeness (QED) is 0.408. The summed E-state index contributed by atoms with van der Waals surface area (Å²) in [5.41, 5.74) is 5.44. The first-order valence-corrected chi connectivity index (χ1v) is 8.35. The molecule has 2 aliphatic rings. The summed E-state index contributed by atoms with van der Waals surface area (Å²) in [6.45, 7) is 11.0. The fourth-order valence-corrected chi connectivity index (χ4v) is 3.99. The summed E-state index contributed by atoms with van der Waals surface area (Å²) < 4.78 is 0. The molecule has 0 radical (unpaired) electrons. The van der Waals surface area contributed by atoms with Crippen molar-refractivity contribution >= 4 is 5.78 Å². The van der Waals surface area contributed by atoms with Crippen LogP contribution in [0.25, 0.3) is 0 Å². The van der Waals surface area contributed by atoms with E-state index in [1.165, 1.54) is 16.7 Å². The zero-order valence-corrected chi connectivity index (χ0v) is 14.4. The number of hydrogen-bond donors (Lipinski definition) is 0. The van der Waals surface area contributed by atoms with Crippen LogP contribution in [0.5, 0.6) is 0 Å². The van der Waals surface area contributed by atoms with E-state index in [9.17, 15) is 4.79 Å². The number of carbonyl (C=O) groups excluding carboxylic acids is 1. The van der Waals surface area contributed by atoms with E-state index in [0.29, 0.717) is 11.7 Å². The molecule has 0 amide bonds.